The molecule has 0 aromatic heterocycles. The van der Waals surface area contributed by atoms with Gasteiger partial charge >= 0.3 is 53.4 Å². The Bertz CT molecular complexity index is 1760. The number of carboxylic acid groups (broad SMARTS) is 2. The summed E-state index contributed by atoms with van der Waals surface area (Å²) >= 11 is 0. The quantitative estimate of drug-likeness (QED) is 0.0683. The van der Waals surface area contributed by atoms with E-state index in [1.54, 1.807) is 0 Å². The first-order valence-electron chi connectivity index (χ1n) is 12.9. The van der Waals surface area contributed by atoms with Gasteiger partial charge in [-0.1, -0.05) is 0 Å². The summed E-state index contributed by atoms with van der Waals surface area (Å²) in [6.07, 6.45) is -30.5. The summed E-state index contributed by atoms with van der Waals surface area (Å²) in [6, 6.07) is -2.59. The third-order valence-corrected chi connectivity index (χ3v) is 8.49. The highest BCUT2D eigenvalue weighted by molar-refractivity contribution is 7.83. The second kappa shape index (κ2) is 15.9. The van der Waals surface area contributed by atoms with Crippen LogP contribution in [0.3, 0.4) is 0 Å². The second-order valence-corrected chi connectivity index (χ2v) is 14.5. The van der Waals surface area contributed by atoms with Crippen molar-refractivity contribution < 1.29 is 128 Å². The van der Waals surface area contributed by atoms with Gasteiger partial charge < -0.3 is 54.3 Å². The summed E-state index contributed by atoms with van der Waals surface area (Å²) < 4.78 is 168. The average molecular weight is 834 g/mol. The Morgan fingerprint density at radius 1 is 0.725 bits per heavy atom. The summed E-state index contributed by atoms with van der Waals surface area (Å²) in [5.41, 5.74) is 0. The predicted octanol–water partition coefficient (Wildman–Crippen LogP) is -7.35. The maximum Gasteiger partial charge on any atom is 0.397 e. The molecule has 2 saturated heterocycles. The highest BCUT2D eigenvalue weighted by atomic mass is 32.3. The maximum atomic E-state index is 11.9. The van der Waals surface area contributed by atoms with Crippen molar-refractivity contribution in [2.45, 2.75) is 79.8 Å². The van der Waals surface area contributed by atoms with Crippen molar-refractivity contribution in [3.8, 4) is 0 Å². The molecule has 0 amide bonds. The molecule has 3 aliphatic rings. The SMILES string of the molecule is O=C(O)C1=C[C@H](O)[C@@H](OS(=O)(=O)O)[C@H](O[C@H]2[C@H](O)[C@@H](NS(=O)(=O)O)[C@@H](O[C@H]3[C@H](O)[C@@H](OS(=O)(=O)O)C(O)O[C@H]3C(=O)O)O[C@@H]2COS(=O)(=O)O)O1. The highest BCUT2D eigenvalue weighted by Gasteiger charge is 2.56. The van der Waals surface area contributed by atoms with Gasteiger partial charge in [0.15, 0.2) is 30.9 Å². The largest absolute Gasteiger partial charge is 0.479 e. The van der Waals surface area contributed by atoms with E-state index >= 15 is 0 Å². The van der Waals surface area contributed by atoms with E-state index in [0.29, 0.717) is 6.08 Å². The number of nitrogens with one attached hydrogen (secondary N) is 1. The lowest BCUT2D eigenvalue weighted by Gasteiger charge is -2.48. The van der Waals surface area contributed by atoms with Gasteiger partial charge in [-0.25, -0.2) is 22.1 Å². The lowest BCUT2D eigenvalue weighted by Crippen LogP contribution is -2.69. The monoisotopic (exact) mass is 833 g/mol. The smallest absolute Gasteiger partial charge is 0.397 e. The van der Waals surface area contributed by atoms with Gasteiger partial charge in [-0.15, -0.1) is 0 Å². The zero-order valence-corrected chi connectivity index (χ0v) is 27.5. The van der Waals surface area contributed by atoms with Crippen LogP contribution in [-0.4, -0.2) is 181 Å². The Morgan fingerprint density at radius 3 is 1.76 bits per heavy atom. The highest BCUT2D eigenvalue weighted by Crippen LogP contribution is 2.34. The minimum absolute atomic E-state index is 0.337. The van der Waals surface area contributed by atoms with E-state index in [0.717, 1.165) is 0 Å². The predicted molar refractivity (Wildman–Crippen MR) is 144 cm³/mol. The lowest BCUT2D eigenvalue weighted by molar-refractivity contribution is -0.344. The Morgan fingerprint density at radius 2 is 1.27 bits per heavy atom. The number of ether oxygens (including phenoxy) is 5. The number of carboxylic acids is 2. The average Bonchev–Trinajstić information content (AvgIpc) is 2.93. The molecule has 3 rings (SSSR count). The molecule has 296 valence electrons. The van der Waals surface area contributed by atoms with Crippen molar-refractivity contribution in [1.82, 2.24) is 4.72 Å². The molecule has 33 heteroatoms. The van der Waals surface area contributed by atoms with Crippen molar-refractivity contribution in [3.05, 3.63) is 11.8 Å². The van der Waals surface area contributed by atoms with Crippen LogP contribution in [0.1, 0.15) is 0 Å². The summed E-state index contributed by atoms with van der Waals surface area (Å²) in [4.78, 5) is 23.4. The first-order valence-corrected chi connectivity index (χ1v) is 18.5. The molecule has 0 aromatic rings. The van der Waals surface area contributed by atoms with Gasteiger partial charge in [-0.3, -0.25) is 18.2 Å². The van der Waals surface area contributed by atoms with Crippen LogP contribution in [0.2, 0.25) is 0 Å². The van der Waals surface area contributed by atoms with E-state index in [1.807, 2.05) is 0 Å². The van der Waals surface area contributed by atoms with E-state index in [9.17, 15) is 78.5 Å². The number of aliphatic hydroxyl groups is 4. The minimum atomic E-state index is -5.57. The van der Waals surface area contributed by atoms with Crippen LogP contribution in [0.5, 0.6) is 0 Å². The van der Waals surface area contributed by atoms with Gasteiger partial charge in [0.25, 0.3) is 0 Å². The number of hydrogen-bond acceptors (Lipinski definition) is 22. The normalized spacial score (nSPS) is 36.9. The van der Waals surface area contributed by atoms with Crippen molar-refractivity contribution >= 4 is 53.4 Å². The molecule has 0 bridgehead atoms. The van der Waals surface area contributed by atoms with Gasteiger partial charge in [-0.2, -0.15) is 38.4 Å². The van der Waals surface area contributed by atoms with Crippen LogP contribution in [0, 0.1) is 0 Å². The molecule has 2 fully saturated rings. The Labute approximate surface area is 284 Å². The van der Waals surface area contributed by atoms with Crippen LogP contribution in [0.4, 0.5) is 0 Å². The Kier molecular flexibility index (Phi) is 13.5. The summed E-state index contributed by atoms with van der Waals surface area (Å²) in [5.74, 6) is -5.27. The van der Waals surface area contributed by atoms with Crippen molar-refractivity contribution in [2.75, 3.05) is 6.61 Å². The molecular formula is C18H27NO28S4. The Hall–Kier alpha value is -2.36. The standard InChI is InChI=1S/C18H27NO28S4/c20-3-1-4(14(23)24)41-18(9(3)46-50(34,35)36)44-10-5(2-40-49(31,32)33)42-17(6(7(10)21)19-48(28,29)30)45-11-8(22)12(47-51(37,38)39)16(27)43-13(11)15(25)26/h1,3,5-13,16-22,27H,2H2,(H,23,24)(H,25,26)(H,28,29,30)(H,31,32,33)(H,34,35,36)(H,37,38,39)/t3-,5+,6+,7+,8-,9+,10+,11-,12+,13+,16?,17+,18-/m0/s1. The van der Waals surface area contributed by atoms with Crippen molar-refractivity contribution in [3.63, 3.8) is 0 Å². The number of carbonyl (C=O) groups is 2. The third-order valence-electron chi connectivity index (χ3n) is 6.55. The lowest BCUT2D eigenvalue weighted by atomic mass is 9.95. The first kappa shape index (κ1) is 43.0. The zero-order valence-electron chi connectivity index (χ0n) is 24.2. The van der Waals surface area contributed by atoms with E-state index in [-0.39, 0.29) is 0 Å². The molecule has 3 aliphatic heterocycles. The van der Waals surface area contributed by atoms with E-state index in [2.05, 4.69) is 17.3 Å². The summed E-state index contributed by atoms with van der Waals surface area (Å²) in [7, 11) is -22.2. The fourth-order valence-electron chi connectivity index (χ4n) is 4.65. The molecule has 29 nitrogen and oxygen atoms in total. The molecule has 13 atom stereocenters. The number of aliphatic carboxylic acids is 2. The second-order valence-electron chi connectivity index (χ2n) is 10.1. The van der Waals surface area contributed by atoms with Gasteiger partial charge in [0.1, 0.15) is 42.7 Å². The van der Waals surface area contributed by atoms with Gasteiger partial charge in [0.2, 0.25) is 12.0 Å². The Balaban J connectivity index is 2.10. The van der Waals surface area contributed by atoms with E-state index in [4.69, 9.17) is 32.6 Å². The summed E-state index contributed by atoms with van der Waals surface area (Å²) in [5, 5.41) is 61.1. The van der Waals surface area contributed by atoms with E-state index in [1.165, 1.54) is 4.72 Å². The number of hydrogen-bond donors (Lipinski definition) is 11. The molecule has 51 heavy (non-hydrogen) atoms. The minimum Gasteiger partial charge on any atom is -0.479 e. The fourth-order valence-corrected chi connectivity index (χ4v) is 6.52. The molecular weight excluding hydrogens is 806 g/mol. The van der Waals surface area contributed by atoms with Gasteiger partial charge in [0, 0.05) is 0 Å². The topological polar surface area (TPSA) is 459 Å². The van der Waals surface area contributed by atoms with Crippen LogP contribution in [0.15, 0.2) is 11.8 Å². The molecule has 3 heterocycles. The molecule has 0 spiro atoms. The molecule has 11 N–H and O–H groups in total. The van der Waals surface area contributed by atoms with Crippen LogP contribution in [0.25, 0.3) is 0 Å². The molecule has 0 aromatic carbocycles. The first-order chi connectivity index (χ1) is 23.1. The van der Waals surface area contributed by atoms with Gasteiger partial charge in [0.05, 0.1) is 6.61 Å². The van der Waals surface area contributed by atoms with Gasteiger partial charge in [-0.05, 0) is 6.08 Å². The van der Waals surface area contributed by atoms with E-state index < -0.39 is 146 Å². The fraction of sp³-hybridized carbons (Fsp3) is 0.778. The number of aliphatic hydroxyl groups excluding tert-OH is 4. The molecule has 1 unspecified atom stereocenters. The number of rotatable bonds is 15. The van der Waals surface area contributed by atoms with Crippen LogP contribution < -0.4 is 4.72 Å². The van der Waals surface area contributed by atoms with Crippen molar-refractivity contribution in [2.24, 2.45) is 0 Å². The zero-order chi connectivity index (χ0) is 39.0. The molecule has 0 aliphatic carbocycles. The van der Waals surface area contributed by atoms with Crippen LogP contribution >= 0.6 is 0 Å². The maximum absolute atomic E-state index is 11.9. The third kappa shape index (κ3) is 12.1. The van der Waals surface area contributed by atoms with Crippen LogP contribution in [-0.2, 0) is 87.3 Å². The van der Waals surface area contributed by atoms with Crippen molar-refractivity contribution in [1.29, 1.82) is 0 Å². The summed E-state index contributed by atoms with van der Waals surface area (Å²) in [6.45, 7) is -1.56. The molecule has 0 radical (unpaired) electrons. The molecule has 0 saturated carbocycles.